The molecule has 0 bridgehead atoms. The van der Waals surface area contributed by atoms with Crippen molar-refractivity contribution in [2.75, 3.05) is 31.1 Å². The van der Waals surface area contributed by atoms with Gasteiger partial charge in [-0.3, -0.25) is 4.90 Å². The number of hydrogen-bond donors (Lipinski definition) is 1. The normalized spacial score (nSPS) is 15.2. The summed E-state index contributed by atoms with van der Waals surface area (Å²) in [4.78, 5) is 21.7. The Balaban J connectivity index is 1.43. The fourth-order valence-corrected chi connectivity index (χ4v) is 3.10. The summed E-state index contributed by atoms with van der Waals surface area (Å²) in [7, 11) is 0. The lowest BCUT2D eigenvalue weighted by atomic mass is 10.1. The van der Waals surface area contributed by atoms with Gasteiger partial charge in [0.1, 0.15) is 5.75 Å². The molecule has 7 heteroatoms. The van der Waals surface area contributed by atoms with E-state index < -0.39 is 0 Å². The lowest BCUT2D eigenvalue weighted by Crippen LogP contribution is -2.46. The number of piperazine rings is 1. The standard InChI is InChI=1S/C19H20N6O/c26-17-4-3-15(18-20-5-1-6-21-18)13-16(17)14-24-9-11-25(12-10-24)19-22-7-2-8-23-19/h1-8,13,26H,9-12,14H2. The molecule has 4 rings (SSSR count). The first-order valence-corrected chi connectivity index (χ1v) is 8.63. The minimum atomic E-state index is 0.304. The van der Waals surface area contributed by atoms with Crippen molar-refractivity contribution in [1.29, 1.82) is 0 Å². The molecule has 0 aliphatic carbocycles. The zero-order valence-electron chi connectivity index (χ0n) is 14.4. The maximum absolute atomic E-state index is 10.2. The van der Waals surface area contributed by atoms with Crippen molar-refractivity contribution in [3.05, 3.63) is 60.7 Å². The summed E-state index contributed by atoms with van der Waals surface area (Å²) in [6.07, 6.45) is 6.98. The van der Waals surface area contributed by atoms with Gasteiger partial charge in [-0.2, -0.15) is 0 Å². The van der Waals surface area contributed by atoms with Crippen LogP contribution >= 0.6 is 0 Å². The molecule has 0 unspecified atom stereocenters. The first kappa shape index (κ1) is 16.4. The van der Waals surface area contributed by atoms with Crippen LogP contribution in [0.25, 0.3) is 11.4 Å². The molecule has 0 radical (unpaired) electrons. The van der Waals surface area contributed by atoms with Gasteiger partial charge in [-0.05, 0) is 30.3 Å². The van der Waals surface area contributed by atoms with E-state index >= 15 is 0 Å². The van der Waals surface area contributed by atoms with Crippen molar-refractivity contribution in [2.24, 2.45) is 0 Å². The van der Waals surface area contributed by atoms with Gasteiger partial charge in [-0.15, -0.1) is 0 Å². The quantitative estimate of drug-likeness (QED) is 0.772. The number of nitrogens with zero attached hydrogens (tertiary/aromatic N) is 6. The van der Waals surface area contributed by atoms with Crippen LogP contribution in [0.1, 0.15) is 5.56 Å². The van der Waals surface area contributed by atoms with Gasteiger partial charge < -0.3 is 10.0 Å². The van der Waals surface area contributed by atoms with Crippen molar-refractivity contribution < 1.29 is 5.11 Å². The van der Waals surface area contributed by atoms with Gasteiger partial charge in [0.25, 0.3) is 0 Å². The third-order valence-corrected chi connectivity index (χ3v) is 4.50. The molecular weight excluding hydrogens is 328 g/mol. The molecule has 1 fully saturated rings. The van der Waals surface area contributed by atoms with Crippen molar-refractivity contribution in [2.45, 2.75) is 6.54 Å². The molecule has 3 aromatic rings. The number of phenols is 1. The molecule has 2 aromatic heterocycles. The van der Waals surface area contributed by atoms with E-state index in [9.17, 15) is 5.11 Å². The Bertz CT molecular complexity index is 850. The van der Waals surface area contributed by atoms with Crippen molar-refractivity contribution >= 4 is 5.95 Å². The lowest BCUT2D eigenvalue weighted by molar-refractivity contribution is 0.245. The zero-order valence-corrected chi connectivity index (χ0v) is 14.4. The monoisotopic (exact) mass is 348 g/mol. The number of aromatic nitrogens is 4. The summed E-state index contributed by atoms with van der Waals surface area (Å²) < 4.78 is 0. The highest BCUT2D eigenvalue weighted by Gasteiger charge is 2.20. The van der Waals surface area contributed by atoms with Gasteiger partial charge in [-0.25, -0.2) is 19.9 Å². The number of benzene rings is 1. The van der Waals surface area contributed by atoms with Crippen LogP contribution < -0.4 is 4.90 Å². The van der Waals surface area contributed by atoms with E-state index in [1.165, 1.54) is 0 Å². The average Bonchev–Trinajstić information content (AvgIpc) is 2.71. The van der Waals surface area contributed by atoms with Gasteiger partial charge in [0, 0.05) is 68.6 Å². The van der Waals surface area contributed by atoms with E-state index in [-0.39, 0.29) is 0 Å². The van der Waals surface area contributed by atoms with Crippen LogP contribution in [0.15, 0.2) is 55.1 Å². The molecular formula is C19H20N6O. The highest BCUT2D eigenvalue weighted by atomic mass is 16.3. The Hall–Kier alpha value is -3.06. The van der Waals surface area contributed by atoms with Gasteiger partial charge in [0.2, 0.25) is 5.95 Å². The number of hydrogen-bond acceptors (Lipinski definition) is 7. The topological polar surface area (TPSA) is 78.3 Å². The maximum atomic E-state index is 10.2. The first-order valence-electron chi connectivity index (χ1n) is 8.63. The van der Waals surface area contributed by atoms with Gasteiger partial charge in [0.15, 0.2) is 5.82 Å². The van der Waals surface area contributed by atoms with Crippen molar-refractivity contribution in [3.8, 4) is 17.1 Å². The second kappa shape index (κ2) is 7.45. The molecule has 1 aliphatic rings. The molecule has 0 spiro atoms. The lowest BCUT2D eigenvalue weighted by Gasteiger charge is -2.34. The van der Waals surface area contributed by atoms with Crippen LogP contribution in [0.4, 0.5) is 5.95 Å². The van der Waals surface area contributed by atoms with E-state index in [2.05, 4.69) is 29.7 Å². The Morgan fingerprint density at radius 3 is 2.19 bits per heavy atom. The molecule has 1 aliphatic heterocycles. The molecule has 26 heavy (non-hydrogen) atoms. The largest absolute Gasteiger partial charge is 0.508 e. The van der Waals surface area contributed by atoms with Crippen LogP contribution in [0.2, 0.25) is 0 Å². The molecule has 132 valence electrons. The number of rotatable bonds is 4. The molecule has 1 aromatic carbocycles. The number of anilines is 1. The molecule has 3 heterocycles. The third kappa shape index (κ3) is 3.62. The summed E-state index contributed by atoms with van der Waals surface area (Å²) in [5, 5.41) is 10.2. The molecule has 0 saturated carbocycles. The second-order valence-corrected chi connectivity index (χ2v) is 6.23. The minimum absolute atomic E-state index is 0.304. The van der Waals surface area contributed by atoms with Crippen LogP contribution in [0, 0.1) is 0 Å². The van der Waals surface area contributed by atoms with Crippen molar-refractivity contribution in [1.82, 2.24) is 24.8 Å². The first-order chi connectivity index (χ1) is 12.8. The fraction of sp³-hybridized carbons (Fsp3) is 0.263. The van der Waals surface area contributed by atoms with E-state index in [0.29, 0.717) is 18.1 Å². The Morgan fingerprint density at radius 1 is 0.846 bits per heavy atom. The van der Waals surface area contributed by atoms with Gasteiger partial charge >= 0.3 is 0 Å². The van der Waals surface area contributed by atoms with Crippen LogP contribution in [-0.4, -0.2) is 56.1 Å². The Morgan fingerprint density at radius 2 is 1.50 bits per heavy atom. The van der Waals surface area contributed by atoms with Crippen LogP contribution in [-0.2, 0) is 6.54 Å². The molecule has 0 atom stereocenters. The van der Waals surface area contributed by atoms with Gasteiger partial charge in [-0.1, -0.05) is 0 Å². The summed E-state index contributed by atoms with van der Waals surface area (Å²) >= 11 is 0. The van der Waals surface area contributed by atoms with Crippen LogP contribution in [0.3, 0.4) is 0 Å². The Labute approximate surface area is 152 Å². The summed E-state index contributed by atoms with van der Waals surface area (Å²) in [5.41, 5.74) is 1.80. The Kier molecular flexibility index (Phi) is 4.70. The fourth-order valence-electron chi connectivity index (χ4n) is 3.10. The smallest absolute Gasteiger partial charge is 0.225 e. The van der Waals surface area contributed by atoms with E-state index in [1.54, 1.807) is 36.9 Å². The molecule has 0 amide bonds. The van der Waals surface area contributed by atoms with E-state index in [1.807, 2.05) is 18.2 Å². The van der Waals surface area contributed by atoms with E-state index in [0.717, 1.165) is 43.3 Å². The predicted octanol–water partition coefficient (Wildman–Crippen LogP) is 1.96. The summed E-state index contributed by atoms with van der Waals surface area (Å²) in [6.45, 7) is 4.21. The summed E-state index contributed by atoms with van der Waals surface area (Å²) in [6, 6.07) is 9.15. The number of phenolic OH excluding ortho intramolecular Hbond substituents is 1. The van der Waals surface area contributed by atoms with Gasteiger partial charge in [0.05, 0.1) is 0 Å². The zero-order chi connectivity index (χ0) is 17.8. The maximum Gasteiger partial charge on any atom is 0.225 e. The average molecular weight is 348 g/mol. The minimum Gasteiger partial charge on any atom is -0.508 e. The van der Waals surface area contributed by atoms with Crippen molar-refractivity contribution in [3.63, 3.8) is 0 Å². The van der Waals surface area contributed by atoms with Crippen LogP contribution in [0.5, 0.6) is 5.75 Å². The molecule has 7 nitrogen and oxygen atoms in total. The molecule has 1 saturated heterocycles. The number of aromatic hydroxyl groups is 1. The third-order valence-electron chi connectivity index (χ3n) is 4.50. The SMILES string of the molecule is Oc1ccc(-c2ncccn2)cc1CN1CCN(c2ncccn2)CC1. The van der Waals surface area contributed by atoms with E-state index in [4.69, 9.17) is 0 Å². The predicted molar refractivity (Wildman–Crippen MR) is 98.7 cm³/mol. The highest BCUT2D eigenvalue weighted by Crippen LogP contribution is 2.25. The summed E-state index contributed by atoms with van der Waals surface area (Å²) in [5.74, 6) is 1.75. The highest BCUT2D eigenvalue weighted by molar-refractivity contribution is 5.58. The second-order valence-electron chi connectivity index (χ2n) is 6.23. The molecule has 1 N–H and O–H groups in total.